The zero-order chi connectivity index (χ0) is 17.9. The molecular weight excluding hydrogens is 347 g/mol. The first-order valence-corrected chi connectivity index (χ1v) is 10.1. The molecule has 2 aromatic rings. The van der Waals surface area contributed by atoms with Gasteiger partial charge in [0.15, 0.2) is 0 Å². The molecule has 2 aromatic carbocycles. The van der Waals surface area contributed by atoms with Crippen LogP contribution in [0.5, 0.6) is 0 Å². The van der Waals surface area contributed by atoms with E-state index in [4.69, 9.17) is 0 Å². The van der Waals surface area contributed by atoms with Crippen LogP contribution in [-0.4, -0.2) is 41.9 Å². The van der Waals surface area contributed by atoms with Gasteiger partial charge in [-0.15, -0.1) is 0 Å². The van der Waals surface area contributed by atoms with Gasteiger partial charge < -0.3 is 9.80 Å². The molecule has 136 valence electrons. The Bertz CT molecular complexity index is 774. The maximum Gasteiger partial charge on any atom is 0.256 e. The number of thioether (sulfide) groups is 1. The van der Waals surface area contributed by atoms with Crippen LogP contribution in [0.4, 0.5) is 4.39 Å². The van der Waals surface area contributed by atoms with Crippen molar-refractivity contribution in [3.63, 3.8) is 0 Å². The number of fused-ring (bicyclic) bond motifs is 1. The number of carbonyl (C=O) groups is 1. The first-order valence-electron chi connectivity index (χ1n) is 9.27. The smallest absolute Gasteiger partial charge is 0.256 e. The van der Waals surface area contributed by atoms with Crippen LogP contribution in [0.15, 0.2) is 53.4 Å². The van der Waals surface area contributed by atoms with Gasteiger partial charge in [0.2, 0.25) is 0 Å². The third-order valence-electron chi connectivity index (χ3n) is 5.16. The molecule has 0 bridgehead atoms. The molecule has 1 unspecified atom stereocenters. The largest absolute Gasteiger partial charge is 0.321 e. The van der Waals surface area contributed by atoms with E-state index >= 15 is 0 Å². The zero-order valence-electron chi connectivity index (χ0n) is 14.7. The quantitative estimate of drug-likeness (QED) is 0.788. The Morgan fingerprint density at radius 2 is 1.69 bits per heavy atom. The Morgan fingerprint density at radius 3 is 2.46 bits per heavy atom. The fraction of sp³-hybridized carbons (Fsp3) is 0.381. The topological polar surface area (TPSA) is 23.6 Å². The summed E-state index contributed by atoms with van der Waals surface area (Å²) < 4.78 is 13.4. The van der Waals surface area contributed by atoms with Gasteiger partial charge in [0.25, 0.3) is 5.91 Å². The highest BCUT2D eigenvalue weighted by Gasteiger charge is 2.34. The van der Waals surface area contributed by atoms with E-state index in [9.17, 15) is 9.18 Å². The fourth-order valence-electron chi connectivity index (χ4n) is 3.72. The van der Waals surface area contributed by atoms with Gasteiger partial charge in [-0.25, -0.2) is 4.39 Å². The lowest BCUT2D eigenvalue weighted by Crippen LogP contribution is -2.43. The van der Waals surface area contributed by atoms with E-state index in [0.29, 0.717) is 6.54 Å². The van der Waals surface area contributed by atoms with Gasteiger partial charge in [-0.05, 0) is 55.8 Å². The summed E-state index contributed by atoms with van der Waals surface area (Å²) in [7, 11) is 0. The van der Waals surface area contributed by atoms with Crippen LogP contribution in [-0.2, 0) is 0 Å². The van der Waals surface area contributed by atoms with E-state index in [0.717, 1.165) is 35.7 Å². The minimum Gasteiger partial charge on any atom is -0.321 e. The average Bonchev–Trinajstić information content (AvgIpc) is 2.69. The molecule has 3 nitrogen and oxygen atoms in total. The molecule has 0 aromatic heterocycles. The molecule has 2 aliphatic heterocycles. The minimum absolute atomic E-state index is 0.0747. The molecule has 0 spiro atoms. The highest BCUT2D eigenvalue weighted by molar-refractivity contribution is 7.99. The number of piperidine rings is 1. The Balaban J connectivity index is 1.60. The lowest BCUT2D eigenvalue weighted by Gasteiger charge is -2.38. The fourth-order valence-corrected chi connectivity index (χ4v) is 5.02. The van der Waals surface area contributed by atoms with Crippen molar-refractivity contribution in [1.29, 1.82) is 0 Å². The molecule has 0 N–H and O–H groups in total. The van der Waals surface area contributed by atoms with Crippen LogP contribution in [0.2, 0.25) is 0 Å². The van der Waals surface area contributed by atoms with Crippen LogP contribution in [0.25, 0.3) is 0 Å². The molecule has 0 radical (unpaired) electrons. The Kier molecular flexibility index (Phi) is 5.27. The van der Waals surface area contributed by atoms with Crippen LogP contribution < -0.4 is 0 Å². The summed E-state index contributed by atoms with van der Waals surface area (Å²) in [5.41, 5.74) is 1.74. The van der Waals surface area contributed by atoms with E-state index in [1.54, 1.807) is 23.9 Å². The molecule has 26 heavy (non-hydrogen) atoms. The van der Waals surface area contributed by atoms with Crippen LogP contribution in [0, 0.1) is 5.82 Å². The van der Waals surface area contributed by atoms with Crippen molar-refractivity contribution in [1.82, 2.24) is 9.80 Å². The Labute approximate surface area is 158 Å². The summed E-state index contributed by atoms with van der Waals surface area (Å²) in [6, 6.07) is 14.3. The van der Waals surface area contributed by atoms with Gasteiger partial charge in [0.1, 0.15) is 11.2 Å². The lowest BCUT2D eigenvalue weighted by atomic mass is 10.1. The molecule has 1 fully saturated rings. The summed E-state index contributed by atoms with van der Waals surface area (Å²) in [5.74, 6) is -0.174. The van der Waals surface area contributed by atoms with Gasteiger partial charge in [-0.2, -0.15) is 0 Å². The second-order valence-electron chi connectivity index (χ2n) is 6.92. The predicted octanol–water partition coefficient (Wildman–Crippen LogP) is 4.56. The standard InChI is InChI=1S/C21H23FN2OS/c22-17-10-8-16(9-11-17)21-24(15-14-23-12-4-1-5-13-23)20(25)18-6-2-3-7-19(18)26-21/h2-3,6-11,21H,1,4-5,12-15H2. The van der Waals surface area contributed by atoms with Gasteiger partial charge >= 0.3 is 0 Å². The number of hydrogen-bond acceptors (Lipinski definition) is 3. The second-order valence-corrected chi connectivity index (χ2v) is 8.04. The first kappa shape index (κ1) is 17.6. The van der Waals surface area contributed by atoms with Gasteiger partial charge in [-0.1, -0.05) is 42.4 Å². The van der Waals surface area contributed by atoms with Crippen molar-refractivity contribution in [3.8, 4) is 0 Å². The van der Waals surface area contributed by atoms with Crippen molar-refractivity contribution in [3.05, 3.63) is 65.5 Å². The molecule has 1 atom stereocenters. The van der Waals surface area contributed by atoms with E-state index in [1.807, 2.05) is 29.2 Å². The molecule has 5 heteroatoms. The summed E-state index contributed by atoms with van der Waals surface area (Å²) in [5, 5.41) is -0.109. The SMILES string of the molecule is O=C1c2ccccc2SC(c2ccc(F)cc2)N1CCN1CCCCC1. The molecule has 0 saturated carbocycles. The molecule has 0 aliphatic carbocycles. The van der Waals surface area contributed by atoms with E-state index in [2.05, 4.69) is 4.90 Å². The molecule has 1 amide bonds. The van der Waals surface area contributed by atoms with Crippen molar-refractivity contribution in [2.24, 2.45) is 0 Å². The highest BCUT2D eigenvalue weighted by atomic mass is 32.2. The monoisotopic (exact) mass is 370 g/mol. The van der Waals surface area contributed by atoms with Crippen molar-refractivity contribution in [2.45, 2.75) is 29.5 Å². The van der Waals surface area contributed by atoms with Gasteiger partial charge in [0.05, 0.1) is 5.56 Å². The van der Waals surface area contributed by atoms with Crippen molar-refractivity contribution in [2.75, 3.05) is 26.2 Å². The van der Waals surface area contributed by atoms with E-state index in [-0.39, 0.29) is 17.1 Å². The second kappa shape index (κ2) is 7.80. The number of nitrogens with zero attached hydrogens (tertiary/aromatic N) is 2. The predicted molar refractivity (Wildman–Crippen MR) is 103 cm³/mol. The Morgan fingerprint density at radius 1 is 0.962 bits per heavy atom. The first-order chi connectivity index (χ1) is 12.7. The molecule has 2 heterocycles. The van der Waals surface area contributed by atoms with E-state index < -0.39 is 0 Å². The third kappa shape index (κ3) is 3.64. The molecular formula is C21H23FN2OS. The summed E-state index contributed by atoms with van der Waals surface area (Å²) in [6.45, 7) is 3.83. The van der Waals surface area contributed by atoms with Crippen molar-refractivity contribution >= 4 is 17.7 Å². The average molecular weight is 370 g/mol. The molecule has 1 saturated heterocycles. The van der Waals surface area contributed by atoms with Crippen molar-refractivity contribution < 1.29 is 9.18 Å². The third-order valence-corrected chi connectivity index (χ3v) is 6.52. The zero-order valence-corrected chi connectivity index (χ0v) is 15.6. The maximum absolute atomic E-state index is 13.4. The minimum atomic E-state index is -0.249. The van der Waals surface area contributed by atoms with E-state index in [1.165, 1.54) is 31.4 Å². The number of carbonyl (C=O) groups excluding carboxylic acids is 1. The summed E-state index contributed by atoms with van der Waals surface area (Å²) in [4.78, 5) is 18.6. The summed E-state index contributed by atoms with van der Waals surface area (Å²) in [6.07, 6.45) is 3.79. The molecule has 4 rings (SSSR count). The number of hydrogen-bond donors (Lipinski definition) is 0. The van der Waals surface area contributed by atoms with Crippen LogP contribution in [0.1, 0.15) is 40.6 Å². The van der Waals surface area contributed by atoms with Crippen LogP contribution >= 0.6 is 11.8 Å². The number of amides is 1. The summed E-state index contributed by atoms with van der Waals surface area (Å²) >= 11 is 1.68. The maximum atomic E-state index is 13.4. The molecule has 2 aliphatic rings. The number of halogens is 1. The van der Waals surface area contributed by atoms with Gasteiger partial charge in [0, 0.05) is 18.0 Å². The normalized spacial score (nSPS) is 20.9. The number of likely N-dealkylation sites (tertiary alicyclic amines) is 1. The Hall–Kier alpha value is -1.85. The lowest BCUT2D eigenvalue weighted by molar-refractivity contribution is 0.0697. The van der Waals surface area contributed by atoms with Gasteiger partial charge in [-0.3, -0.25) is 4.79 Å². The van der Waals surface area contributed by atoms with Crippen LogP contribution in [0.3, 0.4) is 0 Å². The highest BCUT2D eigenvalue weighted by Crippen LogP contribution is 2.44. The number of benzene rings is 2. The number of rotatable bonds is 4.